The lowest BCUT2D eigenvalue weighted by atomic mass is 10.1. The molecule has 3 nitrogen and oxygen atoms in total. The minimum Gasteiger partial charge on any atom is -0.469 e. The summed E-state index contributed by atoms with van der Waals surface area (Å²) in [6, 6.07) is 0.262. The topological polar surface area (TPSA) is 52.3 Å². The number of hydrogen-bond donors (Lipinski definition) is 1. The molecule has 1 rings (SSSR count). The fourth-order valence-corrected chi connectivity index (χ4v) is 3.31. The van der Waals surface area contributed by atoms with E-state index in [1.54, 1.807) is 0 Å². The maximum absolute atomic E-state index is 11.2. The molecule has 16 heavy (non-hydrogen) atoms. The van der Waals surface area contributed by atoms with Gasteiger partial charge < -0.3 is 10.5 Å². The molecule has 0 radical (unpaired) electrons. The van der Waals surface area contributed by atoms with E-state index in [0.29, 0.717) is 11.7 Å². The van der Waals surface area contributed by atoms with Crippen LogP contribution >= 0.6 is 11.8 Å². The molecule has 2 N–H and O–H groups in total. The van der Waals surface area contributed by atoms with Crippen LogP contribution in [0.2, 0.25) is 0 Å². The molecule has 94 valence electrons. The van der Waals surface area contributed by atoms with Gasteiger partial charge in [-0.05, 0) is 37.4 Å². The van der Waals surface area contributed by atoms with Gasteiger partial charge in [0.1, 0.15) is 0 Å². The summed E-state index contributed by atoms with van der Waals surface area (Å²) in [5, 5.41) is 0.579. The van der Waals surface area contributed by atoms with Crippen molar-refractivity contribution in [3.05, 3.63) is 0 Å². The zero-order chi connectivity index (χ0) is 12.2. The molecule has 0 heterocycles. The van der Waals surface area contributed by atoms with Crippen molar-refractivity contribution in [3.63, 3.8) is 0 Å². The molecule has 2 unspecified atom stereocenters. The second-order valence-corrected chi connectivity index (χ2v) is 6.51. The van der Waals surface area contributed by atoms with Crippen molar-refractivity contribution in [2.45, 2.75) is 50.8 Å². The number of esters is 1. The fourth-order valence-electron chi connectivity index (χ4n) is 1.84. The highest BCUT2D eigenvalue weighted by atomic mass is 32.2. The predicted molar refractivity (Wildman–Crippen MR) is 68.5 cm³/mol. The molecule has 1 aliphatic carbocycles. The van der Waals surface area contributed by atoms with Gasteiger partial charge in [0.2, 0.25) is 0 Å². The molecular formula is C12H23NO2S. The summed E-state index contributed by atoms with van der Waals surface area (Å²) in [7, 11) is 1.46. The molecule has 1 fully saturated rings. The van der Waals surface area contributed by atoms with Crippen LogP contribution in [0, 0.1) is 5.41 Å². The van der Waals surface area contributed by atoms with E-state index in [0.717, 1.165) is 12.2 Å². The fraction of sp³-hybridized carbons (Fsp3) is 0.917. The summed E-state index contributed by atoms with van der Waals surface area (Å²) < 4.78 is 4.73. The van der Waals surface area contributed by atoms with Crippen molar-refractivity contribution in [2.75, 3.05) is 12.9 Å². The summed E-state index contributed by atoms with van der Waals surface area (Å²) in [6.45, 7) is 4.25. The Hall–Kier alpha value is -0.220. The van der Waals surface area contributed by atoms with Gasteiger partial charge in [0.25, 0.3) is 0 Å². The quantitative estimate of drug-likeness (QED) is 0.699. The second kappa shape index (κ2) is 5.92. The van der Waals surface area contributed by atoms with Crippen LogP contribution in [0.5, 0.6) is 0 Å². The van der Waals surface area contributed by atoms with Crippen molar-refractivity contribution in [1.82, 2.24) is 0 Å². The Morgan fingerprint density at radius 1 is 1.50 bits per heavy atom. The first-order chi connectivity index (χ1) is 7.47. The van der Waals surface area contributed by atoms with Gasteiger partial charge >= 0.3 is 5.97 Å². The Balaban J connectivity index is 2.24. The number of hydrogen-bond acceptors (Lipinski definition) is 4. The summed E-state index contributed by atoms with van der Waals surface area (Å²) in [5.41, 5.74) is 6.00. The Bertz CT molecular complexity index is 239. The summed E-state index contributed by atoms with van der Waals surface area (Å²) >= 11 is 1.94. The Kier molecular flexibility index (Phi) is 5.12. The molecule has 4 heteroatoms. The van der Waals surface area contributed by atoms with E-state index in [-0.39, 0.29) is 17.4 Å². The van der Waals surface area contributed by atoms with Gasteiger partial charge in [0.05, 0.1) is 13.5 Å². The number of carbonyl (C=O) groups is 1. The third-order valence-corrected chi connectivity index (χ3v) is 4.62. The molecule has 0 aromatic carbocycles. The van der Waals surface area contributed by atoms with Gasteiger partial charge in [0, 0.05) is 11.3 Å². The van der Waals surface area contributed by atoms with E-state index in [9.17, 15) is 4.79 Å². The first kappa shape index (κ1) is 13.8. The molecule has 0 amide bonds. The molecule has 0 aliphatic heterocycles. The van der Waals surface area contributed by atoms with E-state index in [4.69, 9.17) is 10.5 Å². The van der Waals surface area contributed by atoms with E-state index in [1.165, 1.54) is 20.0 Å². The van der Waals surface area contributed by atoms with Gasteiger partial charge in [-0.25, -0.2) is 0 Å². The number of carbonyl (C=O) groups excluding carboxylic acids is 1. The van der Waals surface area contributed by atoms with Crippen LogP contribution in [0.25, 0.3) is 0 Å². The molecule has 0 bridgehead atoms. The number of methoxy groups -OCH3 is 1. The smallest absolute Gasteiger partial charge is 0.306 e. The third-order valence-electron chi connectivity index (χ3n) is 3.08. The Morgan fingerprint density at radius 3 is 2.56 bits per heavy atom. The van der Waals surface area contributed by atoms with E-state index >= 15 is 0 Å². The first-order valence-electron chi connectivity index (χ1n) is 5.91. The van der Waals surface area contributed by atoms with Gasteiger partial charge in [-0.1, -0.05) is 6.92 Å². The summed E-state index contributed by atoms with van der Waals surface area (Å²) in [4.78, 5) is 11.2. The van der Waals surface area contributed by atoms with Crippen LogP contribution in [0.3, 0.4) is 0 Å². The number of rotatable bonds is 7. The van der Waals surface area contributed by atoms with E-state index < -0.39 is 0 Å². The van der Waals surface area contributed by atoms with Gasteiger partial charge in [-0.15, -0.1) is 0 Å². The van der Waals surface area contributed by atoms with Gasteiger partial charge in [0.15, 0.2) is 0 Å². The third kappa shape index (κ3) is 4.74. The summed E-state index contributed by atoms with van der Waals surface area (Å²) in [6.07, 6.45) is 3.96. The highest BCUT2D eigenvalue weighted by Crippen LogP contribution is 2.51. The van der Waals surface area contributed by atoms with E-state index in [1.807, 2.05) is 18.7 Å². The number of nitrogens with two attached hydrogens (primary N) is 1. The molecule has 0 aromatic rings. The lowest BCUT2D eigenvalue weighted by Gasteiger charge is -2.18. The van der Waals surface area contributed by atoms with Crippen molar-refractivity contribution >= 4 is 17.7 Å². The van der Waals surface area contributed by atoms with Crippen LogP contribution in [0.1, 0.15) is 39.5 Å². The highest BCUT2D eigenvalue weighted by Gasteiger charge is 2.44. The molecule has 1 saturated carbocycles. The largest absolute Gasteiger partial charge is 0.469 e. The normalized spacial score (nSPS) is 21.2. The highest BCUT2D eigenvalue weighted by molar-refractivity contribution is 7.99. The standard InChI is InChI=1S/C12H23NO2S/c1-9(13)6-10(2)16-8-12(4-5-12)7-11(14)15-3/h9-10H,4-8,13H2,1-3H3. The number of thioether (sulfide) groups is 1. The van der Waals surface area contributed by atoms with Crippen molar-refractivity contribution in [3.8, 4) is 0 Å². The van der Waals surface area contributed by atoms with Crippen molar-refractivity contribution in [1.29, 1.82) is 0 Å². The zero-order valence-electron chi connectivity index (χ0n) is 10.5. The maximum Gasteiger partial charge on any atom is 0.306 e. The van der Waals surface area contributed by atoms with E-state index in [2.05, 4.69) is 6.92 Å². The van der Waals surface area contributed by atoms with Crippen LogP contribution in [0.15, 0.2) is 0 Å². The minimum atomic E-state index is -0.0713. The summed E-state index contributed by atoms with van der Waals surface area (Å²) in [5.74, 6) is 0.994. The maximum atomic E-state index is 11.2. The average Bonchev–Trinajstić information content (AvgIpc) is 2.94. The molecule has 2 atom stereocenters. The van der Waals surface area contributed by atoms with Crippen LogP contribution in [-0.2, 0) is 9.53 Å². The zero-order valence-corrected chi connectivity index (χ0v) is 11.3. The molecular weight excluding hydrogens is 222 g/mol. The van der Waals surface area contributed by atoms with Crippen LogP contribution in [0.4, 0.5) is 0 Å². The lowest BCUT2D eigenvalue weighted by molar-refractivity contribution is -0.141. The molecule has 0 aromatic heterocycles. The Labute approximate surface area is 102 Å². The minimum absolute atomic E-state index is 0.0713. The second-order valence-electron chi connectivity index (χ2n) is 5.09. The number of ether oxygens (including phenoxy) is 1. The van der Waals surface area contributed by atoms with Gasteiger partial charge in [-0.3, -0.25) is 4.79 Å². The lowest BCUT2D eigenvalue weighted by Crippen LogP contribution is -2.21. The van der Waals surface area contributed by atoms with Crippen LogP contribution in [-0.4, -0.2) is 30.1 Å². The molecule has 1 aliphatic rings. The van der Waals surface area contributed by atoms with Gasteiger partial charge in [-0.2, -0.15) is 11.8 Å². The average molecular weight is 245 g/mol. The van der Waals surface area contributed by atoms with Crippen molar-refractivity contribution in [2.24, 2.45) is 11.1 Å². The SMILES string of the molecule is COC(=O)CC1(CSC(C)CC(C)N)CC1. The van der Waals surface area contributed by atoms with Crippen LogP contribution < -0.4 is 5.73 Å². The first-order valence-corrected chi connectivity index (χ1v) is 6.96. The Morgan fingerprint density at radius 2 is 2.12 bits per heavy atom. The van der Waals surface area contributed by atoms with Crippen molar-refractivity contribution < 1.29 is 9.53 Å². The monoisotopic (exact) mass is 245 g/mol. The predicted octanol–water partition coefficient (Wildman–Crippen LogP) is 2.19. The molecule has 0 saturated heterocycles. The molecule has 0 spiro atoms.